The van der Waals surface area contributed by atoms with E-state index in [0.29, 0.717) is 41.9 Å². The molecule has 6 atom stereocenters. The zero-order valence-electron chi connectivity index (χ0n) is 20.7. The third kappa shape index (κ3) is 4.81. The Labute approximate surface area is 199 Å². The first-order valence-electron chi connectivity index (χ1n) is 13.2. The lowest BCUT2D eigenvalue weighted by atomic mass is 9.45. The second-order valence-electron chi connectivity index (χ2n) is 11.6. The fraction of sp³-hybridized carbons (Fsp3) is 0.846. The minimum atomic E-state index is -0.0201. The molecular weight excluding hydrogens is 414 g/mol. The second-order valence-corrected chi connectivity index (χ2v) is 11.6. The highest BCUT2D eigenvalue weighted by Crippen LogP contribution is 2.65. The van der Waals surface area contributed by atoms with Gasteiger partial charge in [-0.15, -0.1) is 0 Å². The first kappa shape index (κ1) is 24.5. The molecule has 186 valence electrons. The Morgan fingerprint density at radius 1 is 1.15 bits per heavy atom. The van der Waals surface area contributed by atoms with E-state index in [1.54, 1.807) is 11.2 Å². The smallest absolute Gasteiger partial charge is 0.139 e. The molecule has 4 rings (SSSR count). The van der Waals surface area contributed by atoms with Gasteiger partial charge in [-0.2, -0.15) is 0 Å². The fourth-order valence-electron chi connectivity index (χ4n) is 7.84. The highest BCUT2D eigenvalue weighted by Gasteiger charge is 2.60. The molecule has 4 fully saturated rings. The van der Waals surface area contributed by atoms with Gasteiger partial charge in [0.25, 0.3) is 0 Å². The third-order valence-electron chi connectivity index (χ3n) is 9.87. The number of hydrogen-bond donors (Lipinski definition) is 3. The van der Waals surface area contributed by atoms with Crippen LogP contribution in [0.5, 0.6) is 0 Å². The van der Waals surface area contributed by atoms with Crippen LogP contribution in [-0.2, 0) is 9.63 Å². The quantitative estimate of drug-likeness (QED) is 0.289. The Balaban J connectivity index is 1.25. The summed E-state index contributed by atoms with van der Waals surface area (Å²) in [6.07, 6.45) is 13.7. The number of oxime groups is 1. The topological polar surface area (TPSA) is 120 Å². The summed E-state index contributed by atoms with van der Waals surface area (Å²) in [5.41, 5.74) is 13.4. The minimum absolute atomic E-state index is 0.0201. The number of nitrogens with two attached hydrogens (primary N) is 3. The molecule has 4 saturated carbocycles. The van der Waals surface area contributed by atoms with Gasteiger partial charge in [-0.3, -0.25) is 4.79 Å². The van der Waals surface area contributed by atoms with Crippen LogP contribution in [-0.4, -0.2) is 36.2 Å². The lowest BCUT2D eigenvalue weighted by Crippen LogP contribution is -2.53. The van der Waals surface area contributed by atoms with Crippen molar-refractivity contribution in [3.8, 4) is 0 Å². The predicted octanol–water partition coefficient (Wildman–Crippen LogP) is 3.69. The van der Waals surface area contributed by atoms with Crippen LogP contribution in [0, 0.1) is 34.5 Å². The Hall–Kier alpha value is -1.60. The molecule has 5 unspecified atom stereocenters. The SMILES string of the molecule is CC12CCC3C(CCC4C/C(=N\OCCCCN(N)/C=C(\N)CN)CC[C@@]43C)C1CCC2=O. The van der Waals surface area contributed by atoms with Crippen molar-refractivity contribution in [3.63, 3.8) is 0 Å². The molecule has 4 aliphatic carbocycles. The Morgan fingerprint density at radius 3 is 2.76 bits per heavy atom. The maximum absolute atomic E-state index is 12.6. The summed E-state index contributed by atoms with van der Waals surface area (Å²) in [4.78, 5) is 18.3. The van der Waals surface area contributed by atoms with Crippen molar-refractivity contribution < 1.29 is 9.63 Å². The lowest BCUT2D eigenvalue weighted by molar-refractivity contribution is -0.137. The zero-order valence-corrected chi connectivity index (χ0v) is 20.7. The van der Waals surface area contributed by atoms with Crippen LogP contribution in [0.1, 0.15) is 84.5 Å². The standard InChI is InChI=1S/C26H45N5O2/c1-25-11-9-20(30-33-14-4-3-13-31(29)17-19(28)16-27)15-18(25)5-6-21-22-7-8-24(32)26(22,2)12-10-23(21)25/h17-18,21-23H,3-16,27-29H2,1-2H3/b19-17-,30-20-/t18?,21?,22?,23?,25-,26?/m0/s1. The predicted molar refractivity (Wildman–Crippen MR) is 132 cm³/mol. The van der Waals surface area contributed by atoms with E-state index in [1.807, 2.05) is 0 Å². The van der Waals surface area contributed by atoms with Gasteiger partial charge >= 0.3 is 0 Å². The van der Waals surface area contributed by atoms with Crippen LogP contribution in [0.4, 0.5) is 0 Å². The molecule has 0 amide bonds. The van der Waals surface area contributed by atoms with Gasteiger partial charge in [0.2, 0.25) is 0 Å². The van der Waals surface area contributed by atoms with Gasteiger partial charge in [-0.25, -0.2) is 5.84 Å². The largest absolute Gasteiger partial charge is 0.400 e. The summed E-state index contributed by atoms with van der Waals surface area (Å²) >= 11 is 0. The van der Waals surface area contributed by atoms with E-state index < -0.39 is 0 Å². The minimum Gasteiger partial charge on any atom is -0.400 e. The van der Waals surface area contributed by atoms with Crippen molar-refractivity contribution >= 4 is 11.5 Å². The molecule has 0 aromatic heterocycles. The summed E-state index contributed by atoms with van der Waals surface area (Å²) in [5, 5.41) is 6.13. The summed E-state index contributed by atoms with van der Waals surface area (Å²) in [6, 6.07) is 0. The first-order valence-corrected chi connectivity index (χ1v) is 13.2. The molecule has 0 aromatic carbocycles. The molecule has 0 radical (unpaired) electrons. The van der Waals surface area contributed by atoms with Crippen LogP contribution >= 0.6 is 0 Å². The van der Waals surface area contributed by atoms with E-state index in [1.165, 1.54) is 31.4 Å². The van der Waals surface area contributed by atoms with Gasteiger partial charge in [0.1, 0.15) is 12.4 Å². The summed E-state index contributed by atoms with van der Waals surface area (Å²) < 4.78 is 0. The highest BCUT2D eigenvalue weighted by atomic mass is 16.6. The van der Waals surface area contributed by atoms with Crippen LogP contribution in [0.2, 0.25) is 0 Å². The monoisotopic (exact) mass is 459 g/mol. The van der Waals surface area contributed by atoms with Gasteiger partial charge < -0.3 is 21.3 Å². The van der Waals surface area contributed by atoms with Crippen molar-refractivity contribution in [1.82, 2.24) is 5.01 Å². The van der Waals surface area contributed by atoms with Crippen molar-refractivity contribution in [2.24, 2.45) is 57.0 Å². The zero-order chi connectivity index (χ0) is 23.6. The number of carbonyl (C=O) groups excluding carboxylic acids is 1. The number of Topliss-reactive ketones (excluding diaryl/α,β-unsaturated/α-hetero) is 1. The third-order valence-corrected chi connectivity index (χ3v) is 9.87. The fourth-order valence-corrected chi connectivity index (χ4v) is 7.84. The van der Waals surface area contributed by atoms with Gasteiger partial charge in [-0.1, -0.05) is 19.0 Å². The van der Waals surface area contributed by atoms with Crippen molar-refractivity contribution in [2.75, 3.05) is 19.7 Å². The number of unbranched alkanes of at least 4 members (excludes halogenated alkanes) is 1. The molecule has 0 heterocycles. The molecule has 33 heavy (non-hydrogen) atoms. The van der Waals surface area contributed by atoms with Crippen molar-refractivity contribution in [3.05, 3.63) is 11.9 Å². The molecule has 0 aromatic rings. The molecule has 0 saturated heterocycles. The lowest BCUT2D eigenvalue weighted by Gasteiger charge is -2.59. The number of carbonyl (C=O) groups is 1. The van der Waals surface area contributed by atoms with Crippen LogP contribution in [0.15, 0.2) is 17.1 Å². The summed E-state index contributed by atoms with van der Waals surface area (Å²) in [5.74, 6) is 9.30. The maximum atomic E-state index is 12.6. The Morgan fingerprint density at radius 2 is 1.97 bits per heavy atom. The maximum Gasteiger partial charge on any atom is 0.139 e. The average molecular weight is 460 g/mol. The second kappa shape index (κ2) is 9.95. The van der Waals surface area contributed by atoms with Gasteiger partial charge in [-0.05, 0) is 93.3 Å². The first-order chi connectivity index (χ1) is 15.8. The number of hydrogen-bond acceptors (Lipinski definition) is 7. The molecule has 7 nitrogen and oxygen atoms in total. The normalized spacial score (nSPS) is 39.7. The molecule has 0 spiro atoms. The molecule has 6 N–H and O–H groups in total. The van der Waals surface area contributed by atoms with E-state index in [9.17, 15) is 4.79 Å². The number of fused-ring (bicyclic) bond motifs is 5. The van der Waals surface area contributed by atoms with E-state index in [-0.39, 0.29) is 5.41 Å². The van der Waals surface area contributed by atoms with Crippen molar-refractivity contribution in [1.29, 1.82) is 0 Å². The van der Waals surface area contributed by atoms with E-state index >= 15 is 0 Å². The highest BCUT2D eigenvalue weighted by molar-refractivity contribution is 5.87. The summed E-state index contributed by atoms with van der Waals surface area (Å²) in [6.45, 7) is 6.48. The summed E-state index contributed by atoms with van der Waals surface area (Å²) in [7, 11) is 0. The number of nitrogens with zero attached hydrogens (tertiary/aromatic N) is 2. The molecule has 7 heteroatoms. The number of hydrazine groups is 1. The number of ketones is 1. The molecule has 0 aliphatic heterocycles. The van der Waals surface area contributed by atoms with Crippen LogP contribution < -0.4 is 17.3 Å². The Bertz CT molecular complexity index is 783. The Kier molecular flexibility index (Phi) is 7.39. The van der Waals surface area contributed by atoms with E-state index in [4.69, 9.17) is 22.1 Å². The van der Waals surface area contributed by atoms with E-state index in [2.05, 4.69) is 19.0 Å². The number of rotatable bonds is 8. The van der Waals surface area contributed by atoms with Crippen molar-refractivity contribution in [2.45, 2.75) is 84.5 Å². The average Bonchev–Trinajstić information content (AvgIpc) is 3.10. The van der Waals surface area contributed by atoms with Gasteiger partial charge in [0.15, 0.2) is 0 Å². The molecule has 4 aliphatic rings. The van der Waals surface area contributed by atoms with Crippen LogP contribution in [0.25, 0.3) is 0 Å². The van der Waals surface area contributed by atoms with E-state index in [0.717, 1.165) is 63.3 Å². The molecule has 0 bridgehead atoms. The van der Waals surface area contributed by atoms with Gasteiger partial charge in [0, 0.05) is 36.8 Å². The van der Waals surface area contributed by atoms with Crippen LogP contribution in [0.3, 0.4) is 0 Å². The molecular formula is C26H45N5O2. The van der Waals surface area contributed by atoms with Gasteiger partial charge in [0.05, 0.1) is 5.71 Å².